The molecule has 1 amide bonds. The standard InChI is InChI=1S/C10H16N4OS.ClH/c1-3-8-9(16-13-12-8)10(15)14-5-4-11-7(2)6-14;/h7,11H,3-6H2,1-2H3;1H. The van der Waals surface area contributed by atoms with Gasteiger partial charge in [-0.1, -0.05) is 11.4 Å². The van der Waals surface area contributed by atoms with E-state index < -0.39 is 0 Å². The van der Waals surface area contributed by atoms with Crippen molar-refractivity contribution in [2.75, 3.05) is 19.6 Å². The monoisotopic (exact) mass is 276 g/mol. The van der Waals surface area contributed by atoms with Crippen molar-refractivity contribution >= 4 is 29.8 Å². The lowest BCUT2D eigenvalue weighted by molar-refractivity contribution is 0.0712. The molecule has 1 fully saturated rings. The van der Waals surface area contributed by atoms with Crippen molar-refractivity contribution in [3.63, 3.8) is 0 Å². The van der Waals surface area contributed by atoms with E-state index in [0.717, 1.165) is 31.7 Å². The fourth-order valence-corrected chi connectivity index (χ4v) is 2.58. The van der Waals surface area contributed by atoms with E-state index in [2.05, 4.69) is 21.8 Å². The number of halogens is 1. The van der Waals surface area contributed by atoms with Crippen molar-refractivity contribution in [2.45, 2.75) is 26.3 Å². The van der Waals surface area contributed by atoms with Crippen molar-refractivity contribution in [2.24, 2.45) is 0 Å². The summed E-state index contributed by atoms with van der Waals surface area (Å²) < 4.78 is 3.86. The van der Waals surface area contributed by atoms with Crippen LogP contribution in [0.15, 0.2) is 0 Å². The lowest BCUT2D eigenvalue weighted by atomic mass is 10.2. The summed E-state index contributed by atoms with van der Waals surface area (Å²) in [6.07, 6.45) is 0.763. The topological polar surface area (TPSA) is 58.1 Å². The lowest BCUT2D eigenvalue weighted by Gasteiger charge is -2.31. The van der Waals surface area contributed by atoms with E-state index in [0.29, 0.717) is 10.9 Å². The van der Waals surface area contributed by atoms with E-state index in [1.54, 1.807) is 0 Å². The number of carbonyl (C=O) groups is 1. The number of aromatic nitrogens is 2. The second-order valence-electron chi connectivity index (χ2n) is 4.01. The first-order valence-electron chi connectivity index (χ1n) is 5.56. The summed E-state index contributed by atoms with van der Waals surface area (Å²) in [7, 11) is 0. The van der Waals surface area contributed by atoms with Crippen molar-refractivity contribution in [3.05, 3.63) is 10.6 Å². The molecule has 2 rings (SSSR count). The number of nitrogens with one attached hydrogen (secondary N) is 1. The van der Waals surface area contributed by atoms with Crippen LogP contribution in [0.25, 0.3) is 0 Å². The van der Waals surface area contributed by atoms with Gasteiger partial charge in [-0.15, -0.1) is 17.5 Å². The van der Waals surface area contributed by atoms with Gasteiger partial charge in [-0.05, 0) is 24.9 Å². The Morgan fingerprint density at radius 1 is 1.65 bits per heavy atom. The number of aryl methyl sites for hydroxylation is 1. The highest BCUT2D eigenvalue weighted by atomic mass is 35.5. The van der Waals surface area contributed by atoms with Crippen LogP contribution in [0.1, 0.15) is 29.2 Å². The molecule has 1 N–H and O–H groups in total. The number of hydrogen-bond donors (Lipinski definition) is 1. The quantitative estimate of drug-likeness (QED) is 0.874. The number of carbonyl (C=O) groups excluding carboxylic acids is 1. The number of amides is 1. The SMILES string of the molecule is CCc1nnsc1C(=O)N1CCNC(C)C1.Cl. The first-order valence-corrected chi connectivity index (χ1v) is 6.33. The number of nitrogens with zero attached hydrogens (tertiary/aromatic N) is 3. The molecule has 0 spiro atoms. The molecule has 96 valence electrons. The molecule has 0 saturated carbocycles. The summed E-state index contributed by atoms with van der Waals surface area (Å²) in [5.74, 6) is 0.0835. The molecule has 7 heteroatoms. The summed E-state index contributed by atoms with van der Waals surface area (Å²) >= 11 is 1.20. The summed E-state index contributed by atoms with van der Waals surface area (Å²) in [6, 6.07) is 0.364. The summed E-state index contributed by atoms with van der Waals surface area (Å²) in [6.45, 7) is 6.48. The normalized spacial score (nSPS) is 19.9. The van der Waals surface area contributed by atoms with Crippen LogP contribution in [-0.4, -0.2) is 46.1 Å². The van der Waals surface area contributed by atoms with Gasteiger partial charge in [-0.2, -0.15) is 0 Å². The molecule has 1 unspecified atom stereocenters. The molecular weight excluding hydrogens is 260 g/mol. The molecular formula is C10H17ClN4OS. The van der Waals surface area contributed by atoms with Crippen LogP contribution in [-0.2, 0) is 6.42 Å². The Morgan fingerprint density at radius 2 is 2.41 bits per heavy atom. The minimum atomic E-state index is 0. The Balaban J connectivity index is 0.00000144. The van der Waals surface area contributed by atoms with Gasteiger partial charge in [-0.3, -0.25) is 4.79 Å². The molecule has 17 heavy (non-hydrogen) atoms. The molecule has 0 aromatic carbocycles. The highest BCUT2D eigenvalue weighted by Gasteiger charge is 2.25. The van der Waals surface area contributed by atoms with E-state index in [9.17, 15) is 4.79 Å². The van der Waals surface area contributed by atoms with E-state index >= 15 is 0 Å². The first kappa shape index (κ1) is 14.3. The fraction of sp³-hybridized carbons (Fsp3) is 0.700. The minimum Gasteiger partial charge on any atom is -0.335 e. The fourth-order valence-electron chi connectivity index (χ4n) is 1.86. The second-order valence-corrected chi connectivity index (χ2v) is 4.76. The zero-order valence-electron chi connectivity index (χ0n) is 9.97. The Kier molecular flexibility index (Phi) is 5.30. The van der Waals surface area contributed by atoms with E-state index in [1.165, 1.54) is 11.5 Å². The van der Waals surface area contributed by atoms with E-state index in [4.69, 9.17) is 0 Å². The van der Waals surface area contributed by atoms with Gasteiger partial charge < -0.3 is 10.2 Å². The van der Waals surface area contributed by atoms with E-state index in [-0.39, 0.29) is 18.3 Å². The van der Waals surface area contributed by atoms with Gasteiger partial charge in [0.1, 0.15) is 4.88 Å². The molecule has 1 aliphatic rings. The van der Waals surface area contributed by atoms with Crippen LogP contribution in [0, 0.1) is 0 Å². The molecule has 1 aliphatic heterocycles. The molecule has 1 saturated heterocycles. The molecule has 0 aliphatic carbocycles. The van der Waals surface area contributed by atoms with Crippen molar-refractivity contribution in [3.8, 4) is 0 Å². The zero-order chi connectivity index (χ0) is 11.5. The van der Waals surface area contributed by atoms with Gasteiger partial charge >= 0.3 is 0 Å². The lowest BCUT2D eigenvalue weighted by Crippen LogP contribution is -2.51. The van der Waals surface area contributed by atoms with Crippen LogP contribution in [0.3, 0.4) is 0 Å². The predicted octanol–water partition coefficient (Wildman–Crippen LogP) is 0.956. The predicted molar refractivity (Wildman–Crippen MR) is 69.9 cm³/mol. The van der Waals surface area contributed by atoms with Crippen LogP contribution in [0.5, 0.6) is 0 Å². The smallest absolute Gasteiger partial charge is 0.267 e. The summed E-state index contributed by atoms with van der Waals surface area (Å²) in [4.78, 5) is 14.8. The number of hydrogen-bond acceptors (Lipinski definition) is 5. The van der Waals surface area contributed by atoms with E-state index in [1.807, 2.05) is 11.8 Å². The number of rotatable bonds is 2. The first-order chi connectivity index (χ1) is 7.72. The van der Waals surface area contributed by atoms with Crippen molar-refractivity contribution < 1.29 is 4.79 Å². The number of piperazine rings is 1. The Bertz CT molecular complexity index is 384. The largest absolute Gasteiger partial charge is 0.335 e. The highest BCUT2D eigenvalue weighted by molar-refractivity contribution is 7.08. The van der Waals surface area contributed by atoms with Crippen LogP contribution in [0.4, 0.5) is 0 Å². The molecule has 2 heterocycles. The van der Waals surface area contributed by atoms with Crippen LogP contribution >= 0.6 is 23.9 Å². The van der Waals surface area contributed by atoms with Gasteiger partial charge in [0.25, 0.3) is 5.91 Å². The second kappa shape index (κ2) is 6.28. The molecule has 1 atom stereocenters. The highest BCUT2D eigenvalue weighted by Crippen LogP contribution is 2.15. The van der Waals surface area contributed by atoms with Gasteiger partial charge in [0, 0.05) is 25.7 Å². The maximum absolute atomic E-state index is 12.2. The summed E-state index contributed by atoms with van der Waals surface area (Å²) in [5, 5.41) is 7.29. The third-order valence-corrected chi connectivity index (χ3v) is 3.50. The molecule has 0 bridgehead atoms. The maximum Gasteiger partial charge on any atom is 0.267 e. The van der Waals surface area contributed by atoms with Gasteiger partial charge in [0.2, 0.25) is 0 Å². The Morgan fingerprint density at radius 3 is 3.06 bits per heavy atom. The Labute approximate surface area is 111 Å². The average Bonchev–Trinajstić information content (AvgIpc) is 2.76. The Hall–Kier alpha value is -0.720. The summed E-state index contributed by atoms with van der Waals surface area (Å²) in [5.41, 5.74) is 0.821. The molecule has 1 aromatic rings. The van der Waals surface area contributed by atoms with Crippen LogP contribution < -0.4 is 5.32 Å². The molecule has 1 aromatic heterocycles. The third kappa shape index (κ3) is 3.14. The molecule has 5 nitrogen and oxygen atoms in total. The van der Waals surface area contributed by atoms with Gasteiger partial charge in [0.05, 0.1) is 5.69 Å². The third-order valence-electron chi connectivity index (χ3n) is 2.74. The van der Waals surface area contributed by atoms with Crippen molar-refractivity contribution in [1.29, 1.82) is 0 Å². The minimum absolute atomic E-state index is 0. The maximum atomic E-state index is 12.2. The van der Waals surface area contributed by atoms with Crippen molar-refractivity contribution in [1.82, 2.24) is 19.8 Å². The average molecular weight is 277 g/mol. The zero-order valence-corrected chi connectivity index (χ0v) is 11.6. The van der Waals surface area contributed by atoms with Gasteiger partial charge in [-0.25, -0.2) is 0 Å². The molecule has 0 radical (unpaired) electrons. The van der Waals surface area contributed by atoms with Gasteiger partial charge in [0.15, 0.2) is 0 Å². The van der Waals surface area contributed by atoms with Crippen LogP contribution in [0.2, 0.25) is 0 Å².